The van der Waals surface area contributed by atoms with Crippen molar-refractivity contribution in [2.24, 2.45) is 0 Å². The third-order valence-corrected chi connectivity index (χ3v) is 6.17. The number of rotatable bonds is 8. The number of hydrogen-bond donors (Lipinski definition) is 2. The first-order valence-electron chi connectivity index (χ1n) is 9.93. The van der Waals surface area contributed by atoms with Gasteiger partial charge in [0, 0.05) is 17.8 Å². The van der Waals surface area contributed by atoms with Gasteiger partial charge in [0.25, 0.3) is 10.0 Å². The van der Waals surface area contributed by atoms with Crippen molar-refractivity contribution in [3.63, 3.8) is 0 Å². The zero-order valence-corrected chi connectivity index (χ0v) is 18.6. The maximum absolute atomic E-state index is 12.5. The van der Waals surface area contributed by atoms with Gasteiger partial charge in [0.2, 0.25) is 5.91 Å². The van der Waals surface area contributed by atoms with Crippen molar-refractivity contribution >= 4 is 33.3 Å². The first-order valence-corrected chi connectivity index (χ1v) is 11.4. The Hall–Kier alpha value is -3.65. The third-order valence-electron chi connectivity index (χ3n) is 4.77. The molecule has 0 aliphatic carbocycles. The van der Waals surface area contributed by atoms with E-state index in [1.807, 2.05) is 19.1 Å². The van der Waals surface area contributed by atoms with Gasteiger partial charge in [0.05, 0.1) is 17.6 Å². The molecule has 32 heavy (non-hydrogen) atoms. The van der Waals surface area contributed by atoms with Crippen molar-refractivity contribution in [1.29, 1.82) is 0 Å². The van der Waals surface area contributed by atoms with E-state index in [0.29, 0.717) is 23.4 Å². The minimum absolute atomic E-state index is 0.150. The predicted octanol–water partition coefficient (Wildman–Crippen LogP) is 4.15. The van der Waals surface area contributed by atoms with E-state index in [9.17, 15) is 18.0 Å². The fourth-order valence-corrected chi connectivity index (χ4v) is 4.02. The van der Waals surface area contributed by atoms with Gasteiger partial charge in [0.1, 0.15) is 0 Å². The number of sulfonamides is 1. The molecule has 0 aliphatic heterocycles. The molecule has 3 rings (SSSR count). The molecular formula is C24H24N2O5S. The SMILES string of the molecule is COC(=O)c1ccc(NC(=O)CCc2ccc(S(=O)(=O)Nc3ccc(C)cc3)cc2)cc1. The van der Waals surface area contributed by atoms with E-state index < -0.39 is 16.0 Å². The highest BCUT2D eigenvalue weighted by molar-refractivity contribution is 7.92. The second-order valence-electron chi connectivity index (χ2n) is 7.23. The van der Waals surface area contributed by atoms with E-state index in [1.165, 1.54) is 19.2 Å². The van der Waals surface area contributed by atoms with Gasteiger partial charge in [-0.25, -0.2) is 13.2 Å². The highest BCUT2D eigenvalue weighted by Crippen LogP contribution is 2.18. The molecule has 0 saturated carbocycles. The summed E-state index contributed by atoms with van der Waals surface area (Å²) in [5.74, 6) is -0.629. The molecule has 0 fully saturated rings. The highest BCUT2D eigenvalue weighted by Gasteiger charge is 2.14. The number of carbonyl (C=O) groups is 2. The number of methoxy groups -OCH3 is 1. The average Bonchev–Trinajstić information content (AvgIpc) is 2.79. The van der Waals surface area contributed by atoms with Crippen molar-refractivity contribution in [2.45, 2.75) is 24.7 Å². The standard InChI is InChI=1S/C24H24N2O5S/c1-17-3-10-21(11-4-17)26-32(29,30)22-14-5-18(6-15-22)7-16-23(27)25-20-12-8-19(9-13-20)24(28)31-2/h3-6,8-15,26H,7,16H2,1-2H3,(H,25,27). The lowest BCUT2D eigenvalue weighted by Gasteiger charge is -2.09. The average molecular weight is 453 g/mol. The van der Waals surface area contributed by atoms with Crippen LogP contribution in [0.25, 0.3) is 0 Å². The Morgan fingerprint density at radius 1 is 0.844 bits per heavy atom. The number of nitrogens with one attached hydrogen (secondary N) is 2. The second kappa shape index (κ2) is 10.1. The van der Waals surface area contributed by atoms with E-state index >= 15 is 0 Å². The Labute approximate surface area is 187 Å². The van der Waals surface area contributed by atoms with Gasteiger partial charge >= 0.3 is 5.97 Å². The van der Waals surface area contributed by atoms with E-state index in [-0.39, 0.29) is 17.2 Å². The lowest BCUT2D eigenvalue weighted by atomic mass is 10.1. The molecule has 0 unspecified atom stereocenters. The largest absolute Gasteiger partial charge is 0.465 e. The van der Waals surface area contributed by atoms with E-state index in [2.05, 4.69) is 14.8 Å². The van der Waals surface area contributed by atoms with E-state index in [4.69, 9.17) is 0 Å². The molecule has 2 N–H and O–H groups in total. The number of anilines is 2. The summed E-state index contributed by atoms with van der Waals surface area (Å²) in [7, 11) is -2.38. The Bertz CT molecular complexity index is 1190. The van der Waals surface area contributed by atoms with Gasteiger partial charge in [-0.1, -0.05) is 29.8 Å². The van der Waals surface area contributed by atoms with Crippen LogP contribution in [0.4, 0.5) is 11.4 Å². The summed E-state index contributed by atoms with van der Waals surface area (Å²) in [6.45, 7) is 1.93. The fraction of sp³-hybridized carbons (Fsp3) is 0.167. The van der Waals surface area contributed by atoms with Crippen LogP contribution in [0.1, 0.15) is 27.9 Å². The van der Waals surface area contributed by atoms with Crippen molar-refractivity contribution in [3.05, 3.63) is 89.5 Å². The van der Waals surface area contributed by atoms with Crippen LogP contribution >= 0.6 is 0 Å². The molecular weight excluding hydrogens is 428 g/mol. The molecule has 0 atom stereocenters. The van der Waals surface area contributed by atoms with Gasteiger partial charge in [-0.3, -0.25) is 9.52 Å². The van der Waals surface area contributed by atoms with Crippen LogP contribution in [-0.2, 0) is 26.0 Å². The monoisotopic (exact) mass is 452 g/mol. The fourth-order valence-electron chi connectivity index (χ4n) is 2.96. The summed E-state index contributed by atoms with van der Waals surface area (Å²) in [5.41, 5.74) is 3.36. The Morgan fingerprint density at radius 2 is 1.44 bits per heavy atom. The van der Waals surface area contributed by atoms with Gasteiger partial charge in [-0.2, -0.15) is 0 Å². The van der Waals surface area contributed by atoms with Gasteiger partial charge in [-0.05, 0) is 67.4 Å². The van der Waals surface area contributed by atoms with E-state index in [1.54, 1.807) is 48.5 Å². The zero-order valence-electron chi connectivity index (χ0n) is 17.8. The van der Waals surface area contributed by atoms with Crippen LogP contribution in [0.15, 0.2) is 77.7 Å². The summed E-state index contributed by atoms with van der Waals surface area (Å²) < 4.78 is 32.3. The topological polar surface area (TPSA) is 102 Å². The van der Waals surface area contributed by atoms with Crippen molar-refractivity contribution < 1.29 is 22.7 Å². The summed E-state index contributed by atoms with van der Waals surface area (Å²) in [6.07, 6.45) is 0.685. The van der Waals surface area contributed by atoms with Crippen LogP contribution in [-0.4, -0.2) is 27.4 Å². The van der Waals surface area contributed by atoms with Crippen molar-refractivity contribution in [1.82, 2.24) is 0 Å². The molecule has 0 heterocycles. The number of ether oxygens (including phenoxy) is 1. The lowest BCUT2D eigenvalue weighted by Crippen LogP contribution is -2.13. The predicted molar refractivity (Wildman–Crippen MR) is 123 cm³/mol. The normalized spacial score (nSPS) is 10.9. The smallest absolute Gasteiger partial charge is 0.337 e. The quantitative estimate of drug-likeness (QED) is 0.500. The number of hydrogen-bond acceptors (Lipinski definition) is 5. The summed E-state index contributed by atoms with van der Waals surface area (Å²) >= 11 is 0. The second-order valence-corrected chi connectivity index (χ2v) is 8.91. The maximum Gasteiger partial charge on any atom is 0.337 e. The van der Waals surface area contributed by atoms with Crippen LogP contribution in [0.2, 0.25) is 0 Å². The molecule has 1 amide bonds. The molecule has 3 aromatic carbocycles. The molecule has 0 radical (unpaired) electrons. The highest BCUT2D eigenvalue weighted by atomic mass is 32.2. The Balaban J connectivity index is 1.54. The number of amides is 1. The van der Waals surface area contributed by atoms with Gasteiger partial charge in [0.15, 0.2) is 0 Å². The Morgan fingerprint density at radius 3 is 2.03 bits per heavy atom. The van der Waals surface area contributed by atoms with Crippen LogP contribution in [0.5, 0.6) is 0 Å². The number of aryl methyl sites for hydroxylation is 2. The zero-order chi connectivity index (χ0) is 23.1. The minimum atomic E-state index is -3.69. The molecule has 0 bridgehead atoms. The first-order chi connectivity index (χ1) is 15.3. The number of carbonyl (C=O) groups excluding carboxylic acids is 2. The maximum atomic E-state index is 12.5. The molecule has 8 heteroatoms. The molecule has 166 valence electrons. The molecule has 0 aliphatic rings. The Kier molecular flexibility index (Phi) is 7.27. The molecule has 0 aromatic heterocycles. The molecule has 0 spiro atoms. The number of benzene rings is 3. The van der Waals surface area contributed by atoms with Crippen molar-refractivity contribution in [2.75, 3.05) is 17.1 Å². The molecule has 0 saturated heterocycles. The summed E-state index contributed by atoms with van der Waals surface area (Å²) in [6, 6.07) is 19.9. The first kappa shape index (κ1) is 23.0. The minimum Gasteiger partial charge on any atom is -0.465 e. The summed E-state index contributed by atoms with van der Waals surface area (Å²) in [4.78, 5) is 23.8. The van der Waals surface area contributed by atoms with Crippen LogP contribution in [0.3, 0.4) is 0 Å². The van der Waals surface area contributed by atoms with Crippen LogP contribution < -0.4 is 10.0 Å². The lowest BCUT2D eigenvalue weighted by molar-refractivity contribution is -0.116. The van der Waals surface area contributed by atoms with Crippen LogP contribution in [0, 0.1) is 6.92 Å². The van der Waals surface area contributed by atoms with Gasteiger partial charge < -0.3 is 10.1 Å². The van der Waals surface area contributed by atoms with Gasteiger partial charge in [-0.15, -0.1) is 0 Å². The van der Waals surface area contributed by atoms with Crippen molar-refractivity contribution in [3.8, 4) is 0 Å². The summed E-state index contributed by atoms with van der Waals surface area (Å²) in [5, 5.41) is 2.77. The number of esters is 1. The molecule has 3 aromatic rings. The molecule has 7 nitrogen and oxygen atoms in total. The van der Waals surface area contributed by atoms with E-state index in [0.717, 1.165) is 11.1 Å². The third kappa shape index (κ3) is 6.18.